The molecule has 2 aromatic rings. The lowest BCUT2D eigenvalue weighted by Crippen LogP contribution is -2.16. The van der Waals surface area contributed by atoms with Crippen LogP contribution in [-0.2, 0) is 6.61 Å². The van der Waals surface area contributed by atoms with E-state index in [-0.39, 0.29) is 12.5 Å². The van der Waals surface area contributed by atoms with Crippen LogP contribution in [0.25, 0.3) is 0 Å². The van der Waals surface area contributed by atoms with Gasteiger partial charge in [0.1, 0.15) is 5.69 Å². The van der Waals surface area contributed by atoms with E-state index in [9.17, 15) is 9.90 Å². The van der Waals surface area contributed by atoms with Crippen molar-refractivity contribution in [3.63, 3.8) is 0 Å². The number of aromatic nitrogens is 2. The number of rotatable bonds is 4. The molecule has 0 unspecified atom stereocenters. The zero-order valence-electron chi connectivity index (χ0n) is 11.4. The van der Waals surface area contributed by atoms with Gasteiger partial charge in [0.05, 0.1) is 18.5 Å². The predicted molar refractivity (Wildman–Crippen MR) is 76.7 cm³/mol. The quantitative estimate of drug-likeness (QED) is 0.876. The Hall–Kier alpha value is -2.47. The summed E-state index contributed by atoms with van der Waals surface area (Å²) in [5.41, 5.74) is 2.29. The van der Waals surface area contributed by atoms with Crippen LogP contribution >= 0.6 is 0 Å². The highest BCUT2D eigenvalue weighted by Gasteiger charge is 2.11. The molecule has 0 saturated heterocycles. The van der Waals surface area contributed by atoms with Crippen molar-refractivity contribution in [1.29, 1.82) is 0 Å². The molecule has 6 heteroatoms. The molecule has 0 atom stereocenters. The summed E-state index contributed by atoms with van der Waals surface area (Å²) in [6.07, 6.45) is 4.64. The molecule has 0 radical (unpaired) electrons. The molecule has 0 aliphatic carbocycles. The van der Waals surface area contributed by atoms with Crippen LogP contribution in [0.1, 0.15) is 16.1 Å². The Kier molecular flexibility index (Phi) is 4.27. The molecule has 0 fully saturated rings. The first-order valence-corrected chi connectivity index (χ1v) is 6.10. The van der Waals surface area contributed by atoms with Crippen molar-refractivity contribution in [2.24, 2.45) is 0 Å². The van der Waals surface area contributed by atoms with Gasteiger partial charge in [0.2, 0.25) is 0 Å². The van der Waals surface area contributed by atoms with Gasteiger partial charge in [-0.25, -0.2) is 0 Å². The number of aliphatic hydroxyl groups is 1. The molecule has 104 valence electrons. The number of pyridine rings is 2. The minimum Gasteiger partial charge on any atom is -0.392 e. The second kappa shape index (κ2) is 6.12. The summed E-state index contributed by atoms with van der Waals surface area (Å²) in [5.74, 6) is -0.337. The standard InChI is InChI=1S/C14H16N4O2/c1-18(2)11-4-6-16-12(7-11)14(20)17-13-8-15-5-3-10(13)9-19/h3-8,19H,9H2,1-2H3,(H,17,20). The summed E-state index contributed by atoms with van der Waals surface area (Å²) in [5, 5.41) is 11.9. The van der Waals surface area contributed by atoms with E-state index in [0.29, 0.717) is 16.9 Å². The monoisotopic (exact) mass is 272 g/mol. The van der Waals surface area contributed by atoms with E-state index in [0.717, 1.165) is 5.69 Å². The van der Waals surface area contributed by atoms with Gasteiger partial charge in [-0.05, 0) is 18.2 Å². The van der Waals surface area contributed by atoms with Crippen molar-refractivity contribution >= 4 is 17.3 Å². The molecule has 0 aliphatic rings. The Labute approximate surface area is 117 Å². The smallest absolute Gasteiger partial charge is 0.274 e. The molecular weight excluding hydrogens is 256 g/mol. The maximum atomic E-state index is 12.2. The zero-order chi connectivity index (χ0) is 14.5. The number of hydrogen-bond acceptors (Lipinski definition) is 5. The van der Waals surface area contributed by atoms with Crippen molar-refractivity contribution < 1.29 is 9.90 Å². The van der Waals surface area contributed by atoms with E-state index in [2.05, 4.69) is 15.3 Å². The molecule has 0 saturated carbocycles. The summed E-state index contributed by atoms with van der Waals surface area (Å²) < 4.78 is 0. The van der Waals surface area contributed by atoms with Crippen LogP contribution in [0.2, 0.25) is 0 Å². The van der Waals surface area contributed by atoms with Crippen LogP contribution in [0.5, 0.6) is 0 Å². The summed E-state index contributed by atoms with van der Waals surface area (Å²) in [7, 11) is 3.78. The molecule has 2 N–H and O–H groups in total. The fourth-order valence-corrected chi connectivity index (χ4v) is 1.68. The van der Waals surface area contributed by atoms with Gasteiger partial charge in [-0.3, -0.25) is 14.8 Å². The molecule has 0 aliphatic heterocycles. The molecule has 6 nitrogen and oxygen atoms in total. The molecule has 1 amide bonds. The summed E-state index contributed by atoms with van der Waals surface area (Å²) in [4.78, 5) is 22.0. The van der Waals surface area contributed by atoms with Gasteiger partial charge >= 0.3 is 0 Å². The first kappa shape index (κ1) is 14.0. The zero-order valence-corrected chi connectivity index (χ0v) is 11.4. The lowest BCUT2D eigenvalue weighted by atomic mass is 10.2. The maximum Gasteiger partial charge on any atom is 0.274 e. The van der Waals surface area contributed by atoms with Crippen LogP contribution in [0, 0.1) is 0 Å². The van der Waals surface area contributed by atoms with E-state index < -0.39 is 0 Å². The van der Waals surface area contributed by atoms with E-state index in [1.807, 2.05) is 25.1 Å². The van der Waals surface area contributed by atoms with Gasteiger partial charge in [0.15, 0.2) is 0 Å². The Bertz CT molecular complexity index is 614. The van der Waals surface area contributed by atoms with E-state index in [1.165, 1.54) is 6.20 Å². The lowest BCUT2D eigenvalue weighted by molar-refractivity contribution is 0.102. The molecule has 2 rings (SSSR count). The Balaban J connectivity index is 2.22. The number of aliphatic hydroxyl groups excluding tert-OH is 1. The SMILES string of the molecule is CN(C)c1ccnc(C(=O)Nc2cnccc2CO)c1. The minimum atomic E-state index is -0.337. The predicted octanol–water partition coefficient (Wildman–Crippen LogP) is 1.29. The summed E-state index contributed by atoms with van der Waals surface area (Å²) in [6, 6.07) is 5.17. The molecule has 2 aromatic heterocycles. The first-order chi connectivity index (χ1) is 9.61. The highest BCUT2D eigenvalue weighted by molar-refractivity contribution is 6.03. The first-order valence-electron chi connectivity index (χ1n) is 6.10. The third-order valence-electron chi connectivity index (χ3n) is 2.82. The van der Waals surface area contributed by atoms with E-state index in [4.69, 9.17) is 0 Å². The van der Waals surface area contributed by atoms with Gasteiger partial charge in [0, 0.05) is 37.7 Å². The van der Waals surface area contributed by atoms with Gasteiger partial charge in [-0.2, -0.15) is 0 Å². The van der Waals surface area contributed by atoms with E-state index in [1.54, 1.807) is 24.5 Å². The topological polar surface area (TPSA) is 78.4 Å². The number of hydrogen-bond donors (Lipinski definition) is 2. The van der Waals surface area contributed by atoms with Gasteiger partial charge in [-0.15, -0.1) is 0 Å². The molecular formula is C14H16N4O2. The Morgan fingerprint density at radius 1 is 1.35 bits per heavy atom. The molecule has 0 aromatic carbocycles. The average molecular weight is 272 g/mol. The number of nitrogens with zero attached hydrogens (tertiary/aromatic N) is 3. The molecule has 0 spiro atoms. The summed E-state index contributed by atoms with van der Waals surface area (Å²) >= 11 is 0. The van der Waals surface area contributed by atoms with Gasteiger partial charge in [0.25, 0.3) is 5.91 Å². The highest BCUT2D eigenvalue weighted by atomic mass is 16.3. The number of nitrogens with one attached hydrogen (secondary N) is 1. The number of amides is 1. The van der Waals surface area contributed by atoms with Gasteiger partial charge < -0.3 is 15.3 Å². The fourth-order valence-electron chi connectivity index (χ4n) is 1.68. The fraction of sp³-hybridized carbons (Fsp3) is 0.214. The maximum absolute atomic E-state index is 12.2. The third kappa shape index (κ3) is 3.10. The number of carbonyl (C=O) groups is 1. The Morgan fingerprint density at radius 2 is 2.15 bits per heavy atom. The van der Waals surface area contributed by atoms with Crippen molar-refractivity contribution in [2.45, 2.75) is 6.61 Å². The molecule has 0 bridgehead atoms. The van der Waals surface area contributed by atoms with Crippen molar-refractivity contribution in [3.8, 4) is 0 Å². The minimum absolute atomic E-state index is 0.163. The van der Waals surface area contributed by atoms with Crippen LogP contribution in [-0.4, -0.2) is 35.1 Å². The Morgan fingerprint density at radius 3 is 2.85 bits per heavy atom. The van der Waals surface area contributed by atoms with Crippen molar-refractivity contribution in [3.05, 3.63) is 48.0 Å². The van der Waals surface area contributed by atoms with Crippen LogP contribution in [0.3, 0.4) is 0 Å². The normalized spacial score (nSPS) is 10.2. The van der Waals surface area contributed by atoms with Crippen molar-refractivity contribution in [2.75, 3.05) is 24.3 Å². The third-order valence-corrected chi connectivity index (χ3v) is 2.82. The largest absolute Gasteiger partial charge is 0.392 e. The molecule has 20 heavy (non-hydrogen) atoms. The van der Waals surface area contributed by atoms with Gasteiger partial charge in [-0.1, -0.05) is 0 Å². The second-order valence-electron chi connectivity index (χ2n) is 4.44. The van der Waals surface area contributed by atoms with Crippen LogP contribution in [0.15, 0.2) is 36.8 Å². The molecule has 2 heterocycles. The average Bonchev–Trinajstić information content (AvgIpc) is 2.48. The summed E-state index contributed by atoms with van der Waals surface area (Å²) in [6.45, 7) is -0.163. The van der Waals surface area contributed by atoms with Crippen molar-refractivity contribution in [1.82, 2.24) is 9.97 Å². The van der Waals surface area contributed by atoms with E-state index >= 15 is 0 Å². The number of anilines is 2. The highest BCUT2D eigenvalue weighted by Crippen LogP contribution is 2.16. The van der Waals surface area contributed by atoms with Crippen LogP contribution < -0.4 is 10.2 Å². The van der Waals surface area contributed by atoms with Crippen LogP contribution in [0.4, 0.5) is 11.4 Å². The number of carbonyl (C=O) groups excluding carboxylic acids is 1. The lowest BCUT2D eigenvalue weighted by Gasteiger charge is -2.13. The second-order valence-corrected chi connectivity index (χ2v) is 4.44.